The Morgan fingerprint density at radius 1 is 0.638 bits per heavy atom. The number of methoxy groups -OCH3 is 3. The van der Waals surface area contributed by atoms with Crippen LogP contribution < -0.4 is 18.6 Å². The third-order valence-electron chi connectivity index (χ3n) is 8.68. The minimum atomic E-state index is -2.31. The van der Waals surface area contributed by atoms with Crippen LogP contribution in [-0.4, -0.2) is 64.0 Å². The molecule has 0 unspecified atom stereocenters. The van der Waals surface area contributed by atoms with E-state index in [1.165, 1.54) is 6.33 Å². The van der Waals surface area contributed by atoms with Crippen molar-refractivity contribution < 1.29 is 18.6 Å². The van der Waals surface area contributed by atoms with E-state index in [0.29, 0.717) is 22.9 Å². The molecular formula is C35H39N7O4Si. The van der Waals surface area contributed by atoms with Crippen LogP contribution in [0.4, 0.5) is 0 Å². The number of ether oxygens (including phenoxy) is 3. The average molecular weight is 650 g/mol. The van der Waals surface area contributed by atoms with Gasteiger partial charge >= 0.3 is 0 Å². The maximum atomic E-state index is 7.05. The molecule has 0 N–H and O–H groups in total. The van der Waals surface area contributed by atoms with Crippen LogP contribution in [0.2, 0.25) is 18.1 Å². The van der Waals surface area contributed by atoms with Crippen molar-refractivity contribution >= 4 is 8.32 Å². The zero-order chi connectivity index (χ0) is 33.3. The third-order valence-corrected chi connectivity index (χ3v) is 13.0. The number of rotatable bonds is 10. The Balaban J connectivity index is 1.78. The van der Waals surface area contributed by atoms with E-state index in [2.05, 4.69) is 61.2 Å². The minimum Gasteiger partial charge on any atom is -0.543 e. The summed E-state index contributed by atoms with van der Waals surface area (Å²) in [6.45, 7) is 11.2. The van der Waals surface area contributed by atoms with Crippen LogP contribution in [-0.2, 0) is 0 Å². The molecular weight excluding hydrogens is 611 g/mol. The lowest BCUT2D eigenvalue weighted by molar-refractivity contribution is 0.393. The molecule has 0 fully saturated rings. The lowest BCUT2D eigenvalue weighted by Gasteiger charge is -2.37. The van der Waals surface area contributed by atoms with Gasteiger partial charge in [-0.15, -0.1) is 0 Å². The van der Waals surface area contributed by atoms with E-state index < -0.39 is 8.32 Å². The van der Waals surface area contributed by atoms with E-state index in [0.717, 1.165) is 39.4 Å². The van der Waals surface area contributed by atoms with Gasteiger partial charge in [-0.1, -0.05) is 20.8 Å². The van der Waals surface area contributed by atoms with Gasteiger partial charge in [-0.25, -0.2) is 19.0 Å². The molecule has 0 atom stereocenters. The molecule has 0 spiro atoms. The molecule has 0 aliphatic heterocycles. The molecule has 47 heavy (non-hydrogen) atoms. The van der Waals surface area contributed by atoms with Crippen LogP contribution in [0, 0.1) is 0 Å². The Bertz CT molecular complexity index is 1980. The Labute approximate surface area is 275 Å². The number of aromatic nitrogens is 7. The zero-order valence-corrected chi connectivity index (χ0v) is 28.9. The SMILES string of the molecule is COc1ccc(-n2cccn2)c(-c2cc(O[Si](C)(C)C(C)(C)C)cc(-c3cc(OC)cc(OC)c3-n3cncn3)c2-n2cccn2)c1. The molecule has 0 saturated heterocycles. The van der Waals surface area contributed by atoms with Crippen molar-refractivity contribution in [2.24, 2.45) is 0 Å². The van der Waals surface area contributed by atoms with Gasteiger partial charge in [0.2, 0.25) is 8.32 Å². The lowest BCUT2D eigenvalue weighted by atomic mass is 9.93. The third kappa shape index (κ3) is 5.99. The Hall–Kier alpha value is -5.36. The van der Waals surface area contributed by atoms with Gasteiger partial charge in [0.05, 0.1) is 32.7 Å². The largest absolute Gasteiger partial charge is 0.543 e. The first-order valence-corrected chi connectivity index (χ1v) is 18.1. The van der Waals surface area contributed by atoms with Gasteiger partial charge in [-0.3, -0.25) is 0 Å². The van der Waals surface area contributed by atoms with Crippen LogP contribution >= 0.6 is 0 Å². The summed E-state index contributed by atoms with van der Waals surface area (Å²) in [6.07, 6.45) is 10.5. The smallest absolute Gasteiger partial charge is 0.250 e. The summed E-state index contributed by atoms with van der Waals surface area (Å²) in [5.41, 5.74) is 5.68. The van der Waals surface area contributed by atoms with Crippen molar-refractivity contribution in [2.75, 3.05) is 21.3 Å². The predicted molar refractivity (Wildman–Crippen MR) is 184 cm³/mol. The molecule has 0 aliphatic carbocycles. The number of hydrogen-bond acceptors (Lipinski definition) is 8. The van der Waals surface area contributed by atoms with Crippen molar-refractivity contribution in [3.05, 3.63) is 92.0 Å². The lowest BCUT2D eigenvalue weighted by Crippen LogP contribution is -2.43. The maximum absolute atomic E-state index is 7.05. The zero-order valence-electron chi connectivity index (χ0n) is 27.9. The van der Waals surface area contributed by atoms with Crippen molar-refractivity contribution in [3.8, 4) is 62.3 Å². The highest BCUT2D eigenvalue weighted by atomic mass is 28.4. The van der Waals surface area contributed by atoms with E-state index in [4.69, 9.17) is 23.7 Å². The first-order chi connectivity index (χ1) is 22.5. The second kappa shape index (κ2) is 12.4. The number of hydrogen-bond donors (Lipinski definition) is 0. The van der Waals surface area contributed by atoms with Crippen LogP contribution in [0.25, 0.3) is 39.3 Å². The first kappa shape index (κ1) is 31.6. The molecule has 6 aromatic rings. The van der Waals surface area contributed by atoms with Crippen LogP contribution in [0.3, 0.4) is 0 Å². The fourth-order valence-corrected chi connectivity index (χ4v) is 6.28. The van der Waals surface area contributed by atoms with Crippen molar-refractivity contribution in [3.63, 3.8) is 0 Å². The van der Waals surface area contributed by atoms with E-state index in [1.54, 1.807) is 44.7 Å². The van der Waals surface area contributed by atoms with E-state index in [1.807, 2.05) is 64.2 Å². The minimum absolute atomic E-state index is 0.0464. The van der Waals surface area contributed by atoms with E-state index in [-0.39, 0.29) is 5.04 Å². The highest BCUT2D eigenvalue weighted by Gasteiger charge is 2.39. The fraction of sp³-hybridized carbons (Fsp3) is 0.257. The van der Waals surface area contributed by atoms with Gasteiger partial charge in [0.1, 0.15) is 41.3 Å². The molecule has 6 rings (SSSR count). The van der Waals surface area contributed by atoms with Gasteiger partial charge < -0.3 is 18.6 Å². The molecule has 0 radical (unpaired) electrons. The molecule has 242 valence electrons. The average Bonchev–Trinajstić information content (AvgIpc) is 3.87. The van der Waals surface area contributed by atoms with Crippen molar-refractivity contribution in [1.29, 1.82) is 0 Å². The summed E-state index contributed by atoms with van der Waals surface area (Å²) in [4.78, 5) is 4.25. The second-order valence-corrected chi connectivity index (χ2v) is 17.3. The summed E-state index contributed by atoms with van der Waals surface area (Å²) in [7, 11) is 2.62. The van der Waals surface area contributed by atoms with Crippen molar-refractivity contribution in [1.82, 2.24) is 34.3 Å². The van der Waals surface area contributed by atoms with Crippen LogP contribution in [0.1, 0.15) is 20.8 Å². The molecule has 3 aromatic heterocycles. The van der Waals surface area contributed by atoms with E-state index in [9.17, 15) is 0 Å². The normalized spacial score (nSPS) is 11.8. The summed E-state index contributed by atoms with van der Waals surface area (Å²) in [5, 5.41) is 13.8. The maximum Gasteiger partial charge on any atom is 0.250 e. The number of nitrogens with zero attached hydrogens (tertiary/aromatic N) is 7. The molecule has 0 bridgehead atoms. The molecule has 0 amide bonds. The van der Waals surface area contributed by atoms with E-state index >= 15 is 0 Å². The van der Waals surface area contributed by atoms with Gasteiger partial charge in [0.15, 0.2) is 0 Å². The Kier molecular flexibility index (Phi) is 8.37. The van der Waals surface area contributed by atoms with Gasteiger partial charge in [0, 0.05) is 53.1 Å². The number of benzene rings is 3. The molecule has 12 heteroatoms. The summed E-state index contributed by atoms with van der Waals surface area (Å²) < 4.78 is 29.9. The highest BCUT2D eigenvalue weighted by Crippen LogP contribution is 2.47. The van der Waals surface area contributed by atoms with Gasteiger partial charge in [-0.2, -0.15) is 15.3 Å². The fourth-order valence-electron chi connectivity index (χ4n) is 5.26. The van der Waals surface area contributed by atoms with Gasteiger partial charge in [0.25, 0.3) is 0 Å². The van der Waals surface area contributed by atoms with Crippen molar-refractivity contribution in [2.45, 2.75) is 38.9 Å². The molecule has 3 aromatic carbocycles. The molecule has 11 nitrogen and oxygen atoms in total. The summed E-state index contributed by atoms with van der Waals surface area (Å²) >= 11 is 0. The first-order valence-electron chi connectivity index (χ1n) is 15.2. The van der Waals surface area contributed by atoms with Gasteiger partial charge in [-0.05, 0) is 66.7 Å². The standard InChI is InChI=1S/C35H39N7O4Si/c1-35(2,3)47(7,8)46-26-19-28(27-17-24(43-4)11-12-31(27)40-15-9-13-37-40)33(41-16-10-14-38-41)29(20-26)30-18-25(44-5)21-32(45-6)34(30)42-23-36-22-39-42/h9-23H,1-8H3. The van der Waals surface area contributed by atoms with Crippen LogP contribution in [0.15, 0.2) is 92.0 Å². The predicted octanol–water partition coefficient (Wildman–Crippen LogP) is 7.38. The molecule has 0 saturated carbocycles. The molecule has 0 aliphatic rings. The van der Waals surface area contributed by atoms with Crippen LogP contribution in [0.5, 0.6) is 23.0 Å². The Morgan fingerprint density at radius 3 is 1.83 bits per heavy atom. The monoisotopic (exact) mass is 649 g/mol. The quantitative estimate of drug-likeness (QED) is 0.142. The molecule has 3 heterocycles. The highest BCUT2D eigenvalue weighted by molar-refractivity contribution is 6.74. The summed E-state index contributed by atoms with van der Waals surface area (Å²) in [6, 6.07) is 17.7. The Morgan fingerprint density at radius 2 is 1.26 bits per heavy atom. The second-order valence-electron chi connectivity index (χ2n) is 12.6. The topological polar surface area (TPSA) is 103 Å². The summed E-state index contributed by atoms with van der Waals surface area (Å²) in [5.74, 6) is 2.60.